The van der Waals surface area contributed by atoms with Gasteiger partial charge in [0.15, 0.2) is 0 Å². The molecule has 0 aromatic carbocycles. The Morgan fingerprint density at radius 3 is 2.67 bits per heavy atom. The second-order valence-corrected chi connectivity index (χ2v) is 5.69. The summed E-state index contributed by atoms with van der Waals surface area (Å²) in [5.41, 5.74) is -0.464. The quantitative estimate of drug-likeness (QED) is 0.571. The second-order valence-electron chi connectivity index (χ2n) is 5.69. The summed E-state index contributed by atoms with van der Waals surface area (Å²) in [6, 6.07) is 0. The van der Waals surface area contributed by atoms with Crippen molar-refractivity contribution < 1.29 is 14.3 Å². The summed E-state index contributed by atoms with van der Waals surface area (Å²) in [4.78, 5) is 24.5. The standard InChI is InChI=1S/C14H21NO3/c1-5-12(16)7-6-11-8-9-15(10-11)13(17)18-14(2,3)4/h1,11H,6-10H2,2-4H3. The fraction of sp³-hybridized carbons (Fsp3) is 0.714. The van der Waals surface area contributed by atoms with Gasteiger partial charge in [-0.25, -0.2) is 4.79 Å². The van der Waals surface area contributed by atoms with Gasteiger partial charge in [0.1, 0.15) is 5.60 Å². The van der Waals surface area contributed by atoms with Crippen LogP contribution >= 0.6 is 0 Å². The summed E-state index contributed by atoms with van der Waals surface area (Å²) in [6.45, 7) is 6.91. The van der Waals surface area contributed by atoms with Crippen LogP contribution in [-0.2, 0) is 9.53 Å². The van der Waals surface area contributed by atoms with E-state index in [1.165, 1.54) is 0 Å². The third-order valence-electron chi connectivity index (χ3n) is 2.88. The van der Waals surface area contributed by atoms with Crippen molar-refractivity contribution in [2.24, 2.45) is 5.92 Å². The van der Waals surface area contributed by atoms with Crippen LogP contribution in [0.25, 0.3) is 0 Å². The minimum absolute atomic E-state index is 0.161. The zero-order valence-corrected chi connectivity index (χ0v) is 11.4. The van der Waals surface area contributed by atoms with Gasteiger partial charge in [0.2, 0.25) is 5.78 Å². The lowest BCUT2D eigenvalue weighted by Gasteiger charge is -2.24. The highest BCUT2D eigenvalue weighted by Gasteiger charge is 2.29. The molecule has 0 radical (unpaired) electrons. The minimum Gasteiger partial charge on any atom is -0.444 e. The van der Waals surface area contributed by atoms with Crippen LogP contribution in [0.15, 0.2) is 0 Å². The Bertz CT molecular complexity index is 362. The molecule has 0 saturated carbocycles. The molecule has 4 heteroatoms. The molecule has 4 nitrogen and oxygen atoms in total. The highest BCUT2D eigenvalue weighted by Crippen LogP contribution is 2.23. The molecule has 1 fully saturated rings. The zero-order chi connectivity index (χ0) is 13.8. The Morgan fingerprint density at radius 1 is 1.44 bits per heavy atom. The van der Waals surface area contributed by atoms with Gasteiger partial charge in [-0.2, -0.15) is 0 Å². The number of carbonyl (C=O) groups excluding carboxylic acids is 2. The number of ketones is 1. The van der Waals surface area contributed by atoms with E-state index in [1.54, 1.807) is 4.90 Å². The van der Waals surface area contributed by atoms with E-state index >= 15 is 0 Å². The van der Waals surface area contributed by atoms with Crippen molar-refractivity contribution in [1.82, 2.24) is 4.90 Å². The van der Waals surface area contributed by atoms with Crippen LogP contribution in [0.2, 0.25) is 0 Å². The molecule has 1 atom stereocenters. The van der Waals surface area contributed by atoms with Crippen LogP contribution < -0.4 is 0 Å². The first-order valence-electron chi connectivity index (χ1n) is 6.29. The summed E-state index contributed by atoms with van der Waals surface area (Å²) in [7, 11) is 0. The summed E-state index contributed by atoms with van der Waals surface area (Å²) in [5, 5.41) is 0. The lowest BCUT2D eigenvalue weighted by atomic mass is 10.0. The molecular formula is C14H21NO3. The number of hydrogen-bond acceptors (Lipinski definition) is 3. The van der Waals surface area contributed by atoms with Crippen LogP contribution in [0.1, 0.15) is 40.0 Å². The molecule has 0 bridgehead atoms. The summed E-state index contributed by atoms with van der Waals surface area (Å²) < 4.78 is 5.30. The van der Waals surface area contributed by atoms with Crippen LogP contribution in [0.4, 0.5) is 4.79 Å². The molecule has 0 aromatic rings. The van der Waals surface area contributed by atoms with Crippen LogP contribution in [0.3, 0.4) is 0 Å². The molecule has 1 aliphatic rings. The number of amides is 1. The van der Waals surface area contributed by atoms with Gasteiger partial charge in [-0.05, 0) is 45.5 Å². The number of likely N-dealkylation sites (tertiary alicyclic amines) is 1. The fourth-order valence-corrected chi connectivity index (χ4v) is 1.97. The Labute approximate surface area is 109 Å². The third-order valence-corrected chi connectivity index (χ3v) is 2.88. The second kappa shape index (κ2) is 5.90. The highest BCUT2D eigenvalue weighted by molar-refractivity contribution is 5.94. The predicted octanol–water partition coefficient (Wildman–Crippen LogP) is 2.23. The summed E-state index contributed by atoms with van der Waals surface area (Å²) >= 11 is 0. The minimum atomic E-state index is -0.464. The van der Waals surface area contributed by atoms with E-state index in [-0.39, 0.29) is 11.9 Å². The van der Waals surface area contributed by atoms with Gasteiger partial charge in [-0.15, -0.1) is 6.42 Å². The molecule has 1 saturated heterocycles. The largest absolute Gasteiger partial charge is 0.444 e. The number of terminal acetylenes is 1. The third kappa shape index (κ3) is 4.79. The Kier molecular flexibility index (Phi) is 4.77. The molecule has 1 aliphatic heterocycles. The van der Waals surface area contributed by atoms with Crippen molar-refractivity contribution in [2.75, 3.05) is 13.1 Å². The van der Waals surface area contributed by atoms with Gasteiger partial charge in [0.05, 0.1) is 0 Å². The average Bonchev–Trinajstić information content (AvgIpc) is 2.72. The molecule has 1 rings (SSSR count). The molecule has 1 unspecified atom stereocenters. The van der Waals surface area contributed by atoms with Gasteiger partial charge in [-0.1, -0.05) is 0 Å². The van der Waals surface area contributed by atoms with Gasteiger partial charge < -0.3 is 9.64 Å². The van der Waals surface area contributed by atoms with Crippen molar-refractivity contribution >= 4 is 11.9 Å². The van der Waals surface area contributed by atoms with Gasteiger partial charge in [-0.3, -0.25) is 4.79 Å². The Morgan fingerprint density at radius 2 is 2.11 bits per heavy atom. The lowest BCUT2D eigenvalue weighted by molar-refractivity contribution is -0.114. The molecule has 100 valence electrons. The van der Waals surface area contributed by atoms with E-state index in [0.717, 1.165) is 12.8 Å². The smallest absolute Gasteiger partial charge is 0.410 e. The maximum Gasteiger partial charge on any atom is 0.410 e. The monoisotopic (exact) mass is 251 g/mol. The van der Waals surface area contributed by atoms with Gasteiger partial charge >= 0.3 is 6.09 Å². The Balaban J connectivity index is 2.35. The topological polar surface area (TPSA) is 46.6 Å². The molecule has 0 aliphatic carbocycles. The van der Waals surface area contributed by atoms with Crippen molar-refractivity contribution in [3.8, 4) is 12.3 Å². The van der Waals surface area contributed by atoms with E-state index in [4.69, 9.17) is 11.2 Å². The van der Waals surface area contributed by atoms with E-state index in [2.05, 4.69) is 5.92 Å². The predicted molar refractivity (Wildman–Crippen MR) is 69.0 cm³/mol. The normalized spacial score (nSPS) is 19.4. The lowest BCUT2D eigenvalue weighted by Crippen LogP contribution is -2.35. The van der Waals surface area contributed by atoms with Gasteiger partial charge in [0.25, 0.3) is 0 Å². The summed E-state index contributed by atoms with van der Waals surface area (Å²) in [5.74, 6) is 2.30. The van der Waals surface area contributed by atoms with E-state index < -0.39 is 5.60 Å². The molecule has 0 N–H and O–H groups in total. The van der Waals surface area contributed by atoms with Crippen molar-refractivity contribution in [1.29, 1.82) is 0 Å². The first kappa shape index (κ1) is 14.6. The van der Waals surface area contributed by atoms with Crippen molar-refractivity contribution in [3.05, 3.63) is 0 Å². The van der Waals surface area contributed by atoms with E-state index in [9.17, 15) is 9.59 Å². The van der Waals surface area contributed by atoms with Crippen molar-refractivity contribution in [2.45, 2.75) is 45.6 Å². The van der Waals surface area contributed by atoms with E-state index in [0.29, 0.717) is 25.4 Å². The molecule has 0 spiro atoms. The van der Waals surface area contributed by atoms with Gasteiger partial charge in [0, 0.05) is 19.5 Å². The highest BCUT2D eigenvalue weighted by atomic mass is 16.6. The number of nitrogens with zero attached hydrogens (tertiary/aromatic N) is 1. The van der Waals surface area contributed by atoms with Crippen molar-refractivity contribution in [3.63, 3.8) is 0 Å². The Hall–Kier alpha value is -1.50. The average molecular weight is 251 g/mol. The number of carbonyl (C=O) groups is 2. The van der Waals surface area contributed by atoms with Crippen LogP contribution in [0, 0.1) is 18.3 Å². The zero-order valence-electron chi connectivity index (χ0n) is 11.4. The fourth-order valence-electron chi connectivity index (χ4n) is 1.97. The number of hydrogen-bond donors (Lipinski definition) is 0. The SMILES string of the molecule is C#CC(=O)CCC1CCN(C(=O)OC(C)(C)C)C1. The molecule has 0 aromatic heterocycles. The number of rotatable bonds is 3. The first-order valence-corrected chi connectivity index (χ1v) is 6.29. The molecule has 1 amide bonds. The summed E-state index contributed by atoms with van der Waals surface area (Å²) in [6.07, 6.45) is 6.82. The first-order chi connectivity index (χ1) is 8.31. The van der Waals surface area contributed by atoms with Crippen LogP contribution in [-0.4, -0.2) is 35.5 Å². The maximum absolute atomic E-state index is 11.8. The molecule has 1 heterocycles. The maximum atomic E-state index is 11.8. The molecule has 18 heavy (non-hydrogen) atoms. The molecular weight excluding hydrogens is 230 g/mol. The number of Topliss-reactive ketones (excluding diaryl/α,β-unsaturated/α-hetero) is 1. The van der Waals surface area contributed by atoms with E-state index in [1.807, 2.05) is 20.8 Å². The van der Waals surface area contributed by atoms with Crippen LogP contribution in [0.5, 0.6) is 0 Å². The number of ether oxygens (including phenoxy) is 1.